The lowest BCUT2D eigenvalue weighted by molar-refractivity contribution is 0.546. The van der Waals surface area contributed by atoms with Gasteiger partial charge in [0, 0.05) is 19.0 Å². The summed E-state index contributed by atoms with van der Waals surface area (Å²) < 4.78 is 50.7. The van der Waals surface area contributed by atoms with Gasteiger partial charge in [0.15, 0.2) is 0 Å². The fraction of sp³-hybridized carbons (Fsp3) is 0.333. The van der Waals surface area contributed by atoms with Crippen LogP contribution in [0.15, 0.2) is 23.4 Å². The van der Waals surface area contributed by atoms with E-state index in [0.717, 1.165) is 12.1 Å². The summed E-state index contributed by atoms with van der Waals surface area (Å²) in [4.78, 5) is 0. The van der Waals surface area contributed by atoms with Crippen molar-refractivity contribution >= 4 is 10.0 Å². The van der Waals surface area contributed by atoms with E-state index in [1.165, 1.54) is 10.6 Å². The predicted octanol–water partition coefficient (Wildman–Crippen LogP) is 1.20. The molecule has 21 heavy (non-hydrogen) atoms. The van der Waals surface area contributed by atoms with Crippen LogP contribution in [0.25, 0.3) is 0 Å². The van der Waals surface area contributed by atoms with Gasteiger partial charge in [-0.25, -0.2) is 22.3 Å². The molecule has 114 valence electrons. The van der Waals surface area contributed by atoms with Gasteiger partial charge >= 0.3 is 0 Å². The molecule has 0 aliphatic rings. The number of hydrogen-bond acceptors (Lipinski definition) is 4. The molecule has 0 saturated carbocycles. The van der Waals surface area contributed by atoms with Crippen molar-refractivity contribution in [3.63, 3.8) is 0 Å². The van der Waals surface area contributed by atoms with Crippen molar-refractivity contribution in [3.8, 4) is 0 Å². The normalized spacial score (nSPS) is 11.8. The number of aromatic nitrogens is 3. The molecule has 0 aliphatic carbocycles. The Kier molecular flexibility index (Phi) is 4.33. The second kappa shape index (κ2) is 5.86. The Morgan fingerprint density at radius 1 is 1.29 bits per heavy atom. The number of halogens is 2. The number of nitrogens with two attached hydrogens (primary N) is 1. The maximum Gasteiger partial charge on any atom is 0.273 e. The van der Waals surface area contributed by atoms with Crippen molar-refractivity contribution in [3.05, 3.63) is 41.2 Å². The summed E-state index contributed by atoms with van der Waals surface area (Å²) in [7, 11) is -4.01. The van der Waals surface area contributed by atoms with Crippen molar-refractivity contribution in [1.29, 1.82) is 0 Å². The summed E-state index contributed by atoms with van der Waals surface area (Å²) >= 11 is 0. The molecule has 1 heterocycles. The highest BCUT2D eigenvalue weighted by molar-refractivity contribution is 7.89. The lowest BCUT2D eigenvalue weighted by Crippen LogP contribution is -2.19. The van der Waals surface area contributed by atoms with Gasteiger partial charge in [-0.1, -0.05) is 13.0 Å². The first-order valence-electron chi connectivity index (χ1n) is 6.21. The molecule has 9 heteroatoms. The minimum absolute atomic E-state index is 0.00532. The molecular weight excluding hydrogens is 302 g/mol. The molecule has 0 radical (unpaired) electrons. The van der Waals surface area contributed by atoms with Crippen LogP contribution in [0.4, 0.5) is 8.78 Å². The Balaban J connectivity index is 2.42. The van der Waals surface area contributed by atoms with Gasteiger partial charge in [-0.15, -0.1) is 10.2 Å². The SMILES string of the molecule is CCCn1c(Cc2ccc(F)cc2F)nnc1S(N)(=O)=O. The van der Waals surface area contributed by atoms with E-state index in [1.807, 2.05) is 6.92 Å². The number of hydrogen-bond donors (Lipinski definition) is 1. The number of sulfonamides is 1. The van der Waals surface area contributed by atoms with Gasteiger partial charge in [-0.05, 0) is 18.1 Å². The van der Waals surface area contributed by atoms with E-state index in [2.05, 4.69) is 10.2 Å². The van der Waals surface area contributed by atoms with Gasteiger partial charge in [0.05, 0.1) is 0 Å². The van der Waals surface area contributed by atoms with Crippen molar-refractivity contribution < 1.29 is 17.2 Å². The van der Waals surface area contributed by atoms with Crippen molar-refractivity contribution in [2.45, 2.75) is 31.5 Å². The number of nitrogens with zero attached hydrogens (tertiary/aromatic N) is 3. The van der Waals surface area contributed by atoms with Crippen LogP contribution in [0.1, 0.15) is 24.7 Å². The molecule has 1 aromatic carbocycles. The van der Waals surface area contributed by atoms with E-state index in [9.17, 15) is 17.2 Å². The van der Waals surface area contributed by atoms with Gasteiger partial charge in [0.2, 0.25) is 0 Å². The molecule has 2 N–H and O–H groups in total. The topological polar surface area (TPSA) is 90.9 Å². The molecule has 1 aromatic heterocycles. The maximum atomic E-state index is 13.7. The average molecular weight is 316 g/mol. The number of benzene rings is 1. The minimum atomic E-state index is -4.01. The number of rotatable bonds is 5. The molecule has 0 saturated heterocycles. The Hall–Kier alpha value is -1.87. The van der Waals surface area contributed by atoms with Crippen molar-refractivity contribution in [2.75, 3.05) is 0 Å². The zero-order valence-electron chi connectivity index (χ0n) is 11.3. The Morgan fingerprint density at radius 2 is 2.00 bits per heavy atom. The highest BCUT2D eigenvalue weighted by Gasteiger charge is 2.21. The number of primary sulfonamides is 1. The molecule has 0 unspecified atom stereocenters. The smallest absolute Gasteiger partial charge is 0.273 e. The second-order valence-electron chi connectivity index (χ2n) is 4.51. The molecule has 2 aromatic rings. The Bertz CT molecular complexity index is 759. The van der Waals surface area contributed by atoms with E-state index >= 15 is 0 Å². The lowest BCUT2D eigenvalue weighted by Gasteiger charge is -2.08. The Labute approximate surface area is 120 Å². The van der Waals surface area contributed by atoms with Crippen LogP contribution < -0.4 is 5.14 Å². The van der Waals surface area contributed by atoms with Crippen molar-refractivity contribution in [1.82, 2.24) is 14.8 Å². The zero-order chi connectivity index (χ0) is 15.6. The summed E-state index contributed by atoms with van der Waals surface area (Å²) in [6.07, 6.45) is 0.619. The molecule has 0 fully saturated rings. The largest absolute Gasteiger partial charge is 0.300 e. The van der Waals surface area contributed by atoms with Crippen LogP contribution in [0.2, 0.25) is 0 Å². The third-order valence-electron chi connectivity index (χ3n) is 2.86. The van der Waals surface area contributed by atoms with Gasteiger partial charge < -0.3 is 4.57 Å². The fourth-order valence-corrected chi connectivity index (χ4v) is 2.60. The molecule has 6 nitrogen and oxygen atoms in total. The Morgan fingerprint density at radius 3 is 2.57 bits per heavy atom. The van der Waals surface area contributed by atoms with Gasteiger partial charge in [-0.2, -0.15) is 0 Å². The van der Waals surface area contributed by atoms with E-state index in [1.54, 1.807) is 0 Å². The average Bonchev–Trinajstić information content (AvgIpc) is 2.76. The van der Waals surface area contributed by atoms with Gasteiger partial charge in [0.25, 0.3) is 15.2 Å². The summed E-state index contributed by atoms with van der Waals surface area (Å²) in [6, 6.07) is 3.17. The summed E-state index contributed by atoms with van der Waals surface area (Å²) in [5.41, 5.74) is 0.196. The quantitative estimate of drug-likeness (QED) is 0.897. The van der Waals surface area contributed by atoms with Gasteiger partial charge in [-0.3, -0.25) is 0 Å². The highest BCUT2D eigenvalue weighted by atomic mass is 32.2. The summed E-state index contributed by atoms with van der Waals surface area (Å²) in [5.74, 6) is -1.15. The predicted molar refractivity (Wildman–Crippen MR) is 70.9 cm³/mol. The van der Waals surface area contributed by atoms with Crippen LogP contribution in [0, 0.1) is 11.6 Å². The van der Waals surface area contributed by atoms with Crippen LogP contribution in [-0.2, 0) is 23.0 Å². The second-order valence-corrected chi connectivity index (χ2v) is 5.96. The fourth-order valence-electron chi connectivity index (χ4n) is 1.94. The van der Waals surface area contributed by atoms with E-state index < -0.39 is 21.7 Å². The maximum absolute atomic E-state index is 13.7. The zero-order valence-corrected chi connectivity index (χ0v) is 12.1. The molecule has 0 aliphatic heterocycles. The van der Waals surface area contributed by atoms with Gasteiger partial charge in [0.1, 0.15) is 17.5 Å². The highest BCUT2D eigenvalue weighted by Crippen LogP contribution is 2.16. The first-order chi connectivity index (χ1) is 9.82. The first-order valence-corrected chi connectivity index (χ1v) is 7.76. The summed E-state index contributed by atoms with van der Waals surface area (Å²) in [5, 5.41) is 12.0. The van der Waals surface area contributed by atoms with E-state index in [4.69, 9.17) is 5.14 Å². The first kappa shape index (κ1) is 15.5. The lowest BCUT2D eigenvalue weighted by atomic mass is 10.1. The molecule has 0 spiro atoms. The molecule has 2 rings (SSSR count). The molecule has 0 bridgehead atoms. The van der Waals surface area contributed by atoms with Crippen molar-refractivity contribution in [2.24, 2.45) is 5.14 Å². The minimum Gasteiger partial charge on any atom is -0.300 e. The third-order valence-corrected chi connectivity index (χ3v) is 3.67. The monoisotopic (exact) mass is 316 g/mol. The van der Waals surface area contributed by atoms with E-state index in [-0.39, 0.29) is 23.0 Å². The third kappa shape index (κ3) is 3.42. The van der Waals surface area contributed by atoms with E-state index in [0.29, 0.717) is 13.0 Å². The van der Waals surface area contributed by atoms with Crippen LogP contribution in [0.5, 0.6) is 0 Å². The molecular formula is C12H14F2N4O2S. The van der Waals surface area contributed by atoms with Crippen LogP contribution >= 0.6 is 0 Å². The summed E-state index contributed by atoms with van der Waals surface area (Å²) in [6.45, 7) is 2.17. The van der Waals surface area contributed by atoms with Crippen LogP contribution in [-0.4, -0.2) is 23.2 Å². The van der Waals surface area contributed by atoms with Crippen LogP contribution in [0.3, 0.4) is 0 Å². The standard InChI is InChI=1S/C12H14F2N4O2S/c1-2-5-18-11(16-17-12(18)21(15,19)20)6-8-3-4-9(13)7-10(8)14/h3-4,7H,2,5-6H2,1H3,(H2,15,19,20). The molecule has 0 atom stereocenters. The molecule has 0 amide bonds.